The van der Waals surface area contributed by atoms with Crippen LogP contribution in [0.3, 0.4) is 0 Å². The molecular formula is C6H12O6S. The maximum atomic E-state index is 10.3. The maximum absolute atomic E-state index is 10.3. The second-order valence-corrected chi connectivity index (χ2v) is 4.10. The molecule has 3 N–H and O–H groups in total. The highest BCUT2D eigenvalue weighted by molar-refractivity contribution is 7.80. The third kappa shape index (κ3) is 3.20. The largest absolute Gasteiger partial charge is 0.397 e. The Morgan fingerprint density at radius 3 is 2.38 bits per heavy atom. The Balaban J connectivity index is 2.59. The molecule has 1 aliphatic carbocycles. The molecule has 0 saturated heterocycles. The monoisotopic (exact) mass is 212 g/mol. The van der Waals surface area contributed by atoms with Crippen LogP contribution in [0.5, 0.6) is 0 Å². The number of hydrogen-bond donors (Lipinski definition) is 3. The maximum Gasteiger partial charge on any atom is 0.397 e. The van der Waals surface area contributed by atoms with Gasteiger partial charge in [-0.1, -0.05) is 0 Å². The van der Waals surface area contributed by atoms with Gasteiger partial charge < -0.3 is 10.2 Å². The van der Waals surface area contributed by atoms with Crippen molar-refractivity contribution in [1.82, 2.24) is 0 Å². The van der Waals surface area contributed by atoms with Crippen LogP contribution in [0.4, 0.5) is 0 Å². The van der Waals surface area contributed by atoms with Crippen LogP contribution in [0.25, 0.3) is 0 Å². The molecule has 0 aromatic rings. The fraction of sp³-hybridized carbons (Fsp3) is 1.00. The van der Waals surface area contributed by atoms with Crippen LogP contribution in [-0.2, 0) is 14.6 Å². The summed E-state index contributed by atoms with van der Waals surface area (Å²) >= 11 is 0. The molecule has 0 spiro atoms. The summed E-state index contributed by atoms with van der Waals surface area (Å²) in [5, 5.41) is 18.4. The first-order valence-corrected chi connectivity index (χ1v) is 5.28. The molecule has 0 aromatic heterocycles. The van der Waals surface area contributed by atoms with E-state index < -0.39 is 28.7 Å². The summed E-state index contributed by atoms with van der Waals surface area (Å²) in [6, 6.07) is 0. The van der Waals surface area contributed by atoms with Crippen LogP contribution in [0.1, 0.15) is 19.3 Å². The molecule has 1 saturated carbocycles. The molecule has 1 fully saturated rings. The van der Waals surface area contributed by atoms with Gasteiger partial charge in [-0.15, -0.1) is 0 Å². The molecule has 7 heteroatoms. The Morgan fingerprint density at radius 1 is 1.23 bits per heavy atom. The highest BCUT2D eigenvalue weighted by Crippen LogP contribution is 2.22. The van der Waals surface area contributed by atoms with E-state index in [1.54, 1.807) is 0 Å². The zero-order valence-corrected chi connectivity index (χ0v) is 7.64. The van der Waals surface area contributed by atoms with Crippen LogP contribution >= 0.6 is 0 Å². The fourth-order valence-electron chi connectivity index (χ4n) is 1.38. The zero-order valence-electron chi connectivity index (χ0n) is 6.83. The third-order valence-corrected chi connectivity index (χ3v) is 2.50. The van der Waals surface area contributed by atoms with Gasteiger partial charge >= 0.3 is 10.4 Å². The van der Waals surface area contributed by atoms with Crippen LogP contribution in [-0.4, -0.2) is 41.5 Å². The van der Waals surface area contributed by atoms with E-state index in [4.69, 9.17) is 9.66 Å². The minimum absolute atomic E-state index is 0.304. The van der Waals surface area contributed by atoms with Crippen LogP contribution in [0, 0.1) is 0 Å². The SMILES string of the molecule is O=S(=O)(O)O[C@@H]1CCC[C@H](O)[C@@H]1O. The molecule has 0 radical (unpaired) electrons. The van der Waals surface area contributed by atoms with Crippen molar-refractivity contribution < 1.29 is 27.4 Å². The van der Waals surface area contributed by atoms with Gasteiger partial charge in [0.25, 0.3) is 0 Å². The Kier molecular flexibility index (Phi) is 3.25. The highest BCUT2D eigenvalue weighted by Gasteiger charge is 2.33. The first kappa shape index (κ1) is 10.9. The van der Waals surface area contributed by atoms with Crippen LogP contribution in [0.2, 0.25) is 0 Å². The fourth-order valence-corrected chi connectivity index (χ4v) is 1.90. The normalized spacial score (nSPS) is 36.1. The van der Waals surface area contributed by atoms with Crippen LogP contribution < -0.4 is 0 Å². The van der Waals surface area contributed by atoms with Crippen molar-refractivity contribution in [3.05, 3.63) is 0 Å². The lowest BCUT2D eigenvalue weighted by Gasteiger charge is -2.29. The average molecular weight is 212 g/mol. The molecular weight excluding hydrogens is 200 g/mol. The Bertz CT molecular complexity index is 260. The second-order valence-electron chi connectivity index (χ2n) is 3.05. The summed E-state index contributed by atoms with van der Waals surface area (Å²) in [6.45, 7) is 0. The van der Waals surface area contributed by atoms with Crippen molar-refractivity contribution in [2.45, 2.75) is 37.6 Å². The van der Waals surface area contributed by atoms with E-state index in [2.05, 4.69) is 4.18 Å². The van der Waals surface area contributed by atoms with Gasteiger partial charge in [0.05, 0.1) is 6.10 Å². The molecule has 78 valence electrons. The van der Waals surface area contributed by atoms with E-state index in [9.17, 15) is 13.5 Å². The van der Waals surface area contributed by atoms with Crippen molar-refractivity contribution in [1.29, 1.82) is 0 Å². The zero-order chi connectivity index (χ0) is 10.1. The summed E-state index contributed by atoms with van der Waals surface area (Å²) in [5.74, 6) is 0. The van der Waals surface area contributed by atoms with Gasteiger partial charge in [-0.25, -0.2) is 4.18 Å². The summed E-state index contributed by atoms with van der Waals surface area (Å²) in [7, 11) is -4.55. The standard InChI is InChI=1S/C6H12O6S/c7-4-2-1-3-5(6(4)8)12-13(9,10)11/h4-8H,1-3H2,(H,9,10,11)/t4-,5+,6-/m0/s1. The van der Waals surface area contributed by atoms with E-state index in [1.165, 1.54) is 0 Å². The third-order valence-electron chi connectivity index (χ3n) is 2.01. The molecule has 0 unspecified atom stereocenters. The summed E-state index contributed by atoms with van der Waals surface area (Å²) < 4.78 is 33.1. The van der Waals surface area contributed by atoms with Gasteiger partial charge in [-0.05, 0) is 19.3 Å². The minimum Gasteiger partial charge on any atom is -0.390 e. The smallest absolute Gasteiger partial charge is 0.390 e. The van der Waals surface area contributed by atoms with E-state index >= 15 is 0 Å². The topological polar surface area (TPSA) is 104 Å². The van der Waals surface area contributed by atoms with E-state index in [1.807, 2.05) is 0 Å². The van der Waals surface area contributed by atoms with E-state index in [0.717, 1.165) is 0 Å². The number of aliphatic hydroxyl groups is 2. The lowest BCUT2D eigenvalue weighted by Crippen LogP contribution is -2.43. The Labute approximate surface area is 76.1 Å². The summed E-state index contributed by atoms with van der Waals surface area (Å²) in [4.78, 5) is 0. The van der Waals surface area contributed by atoms with Crippen LogP contribution in [0.15, 0.2) is 0 Å². The number of hydrogen-bond acceptors (Lipinski definition) is 5. The molecule has 13 heavy (non-hydrogen) atoms. The van der Waals surface area contributed by atoms with Crippen molar-refractivity contribution >= 4 is 10.4 Å². The Hall–Kier alpha value is -0.210. The van der Waals surface area contributed by atoms with Crippen molar-refractivity contribution in [3.8, 4) is 0 Å². The van der Waals surface area contributed by atoms with Crippen molar-refractivity contribution in [2.24, 2.45) is 0 Å². The molecule has 1 rings (SSSR count). The lowest BCUT2D eigenvalue weighted by molar-refractivity contribution is -0.0752. The summed E-state index contributed by atoms with van der Waals surface area (Å²) in [6.07, 6.45) is -2.02. The highest BCUT2D eigenvalue weighted by atomic mass is 32.3. The predicted molar refractivity (Wildman–Crippen MR) is 42.3 cm³/mol. The van der Waals surface area contributed by atoms with Gasteiger partial charge in [0.15, 0.2) is 0 Å². The first-order valence-electron chi connectivity index (χ1n) is 3.92. The van der Waals surface area contributed by atoms with Gasteiger partial charge in [-0.3, -0.25) is 4.55 Å². The van der Waals surface area contributed by atoms with Gasteiger partial charge in [0.1, 0.15) is 12.2 Å². The lowest BCUT2D eigenvalue weighted by atomic mass is 9.92. The molecule has 1 aliphatic rings. The van der Waals surface area contributed by atoms with Crippen molar-refractivity contribution in [3.63, 3.8) is 0 Å². The molecule has 3 atom stereocenters. The molecule has 0 bridgehead atoms. The van der Waals surface area contributed by atoms with Gasteiger partial charge in [-0.2, -0.15) is 8.42 Å². The molecule has 6 nitrogen and oxygen atoms in total. The molecule has 0 aliphatic heterocycles. The first-order chi connectivity index (χ1) is 5.90. The van der Waals surface area contributed by atoms with E-state index in [0.29, 0.717) is 19.3 Å². The Morgan fingerprint density at radius 2 is 1.85 bits per heavy atom. The number of rotatable bonds is 2. The second kappa shape index (κ2) is 3.89. The summed E-state index contributed by atoms with van der Waals surface area (Å²) in [5.41, 5.74) is 0. The minimum atomic E-state index is -4.55. The quantitative estimate of drug-likeness (QED) is 0.511. The predicted octanol–water partition coefficient (Wildman–Crippen LogP) is -0.920. The molecule has 0 amide bonds. The number of aliphatic hydroxyl groups excluding tert-OH is 2. The average Bonchev–Trinajstić information content (AvgIpc) is 1.96. The van der Waals surface area contributed by atoms with E-state index in [-0.39, 0.29) is 0 Å². The molecule has 0 aromatic carbocycles. The van der Waals surface area contributed by atoms with Gasteiger partial charge in [0.2, 0.25) is 0 Å². The molecule has 0 heterocycles. The van der Waals surface area contributed by atoms with Gasteiger partial charge in [0, 0.05) is 0 Å². The van der Waals surface area contributed by atoms with Crippen molar-refractivity contribution in [2.75, 3.05) is 0 Å².